The van der Waals surface area contributed by atoms with Crippen molar-refractivity contribution in [1.82, 2.24) is 0 Å². The first-order chi connectivity index (χ1) is 6.56. The van der Waals surface area contributed by atoms with E-state index in [1.165, 1.54) is 0 Å². The van der Waals surface area contributed by atoms with Crippen molar-refractivity contribution in [3.63, 3.8) is 0 Å². The normalized spacial score (nSPS) is 14.5. The Bertz CT molecular complexity index is 371. The Morgan fingerprint density at radius 3 is 2.71 bits per heavy atom. The summed E-state index contributed by atoms with van der Waals surface area (Å²) in [7, 11) is 0. The van der Waals surface area contributed by atoms with Gasteiger partial charge in [-0.1, -0.05) is 6.07 Å². The molecule has 0 aliphatic heterocycles. The van der Waals surface area contributed by atoms with E-state index in [4.69, 9.17) is 11.0 Å². The molecule has 0 unspecified atom stereocenters. The van der Waals surface area contributed by atoms with Gasteiger partial charge >= 0.3 is 0 Å². The van der Waals surface area contributed by atoms with Gasteiger partial charge in [-0.05, 0) is 40.5 Å². The molecule has 0 aromatic heterocycles. The average Bonchev–Trinajstić information content (AvgIpc) is 2.17. The zero-order valence-electron chi connectivity index (χ0n) is 7.74. The minimum atomic E-state index is -0.622. The molecule has 3 nitrogen and oxygen atoms in total. The van der Waals surface area contributed by atoms with Crippen molar-refractivity contribution in [3.05, 3.63) is 33.8 Å². The Labute approximate surface area is 91.3 Å². The van der Waals surface area contributed by atoms with Gasteiger partial charge in [0.25, 0.3) is 0 Å². The average molecular weight is 255 g/mol. The number of nitrogens with two attached hydrogens (primary N) is 1. The molecule has 1 aromatic carbocycles. The van der Waals surface area contributed by atoms with Crippen LogP contribution >= 0.6 is 15.9 Å². The second kappa shape index (κ2) is 4.56. The van der Waals surface area contributed by atoms with Gasteiger partial charge in [0.15, 0.2) is 0 Å². The number of halogens is 1. The van der Waals surface area contributed by atoms with E-state index >= 15 is 0 Å². The van der Waals surface area contributed by atoms with Crippen LogP contribution in [0.1, 0.15) is 24.1 Å². The summed E-state index contributed by atoms with van der Waals surface area (Å²) in [5.74, 6) is 0. The maximum Gasteiger partial charge on any atom is 0.100 e. The summed E-state index contributed by atoms with van der Waals surface area (Å²) >= 11 is 3.25. The van der Waals surface area contributed by atoms with E-state index in [0.717, 1.165) is 10.0 Å². The van der Waals surface area contributed by atoms with Gasteiger partial charge in [0, 0.05) is 4.47 Å². The summed E-state index contributed by atoms with van der Waals surface area (Å²) < 4.78 is 0.738. The molecule has 0 amide bonds. The number of benzene rings is 1. The summed E-state index contributed by atoms with van der Waals surface area (Å²) in [6.07, 6.45) is -0.622. The molecule has 14 heavy (non-hydrogen) atoms. The monoisotopic (exact) mass is 254 g/mol. The predicted molar refractivity (Wildman–Crippen MR) is 57.5 cm³/mol. The largest absolute Gasteiger partial charge is 0.391 e. The maximum atomic E-state index is 9.29. The van der Waals surface area contributed by atoms with Crippen LogP contribution in [-0.2, 0) is 0 Å². The van der Waals surface area contributed by atoms with Crippen LogP contribution in [-0.4, -0.2) is 11.2 Å². The van der Waals surface area contributed by atoms with Crippen LogP contribution < -0.4 is 5.73 Å². The second-order valence-electron chi connectivity index (χ2n) is 3.12. The molecule has 0 heterocycles. The number of aliphatic hydroxyl groups is 1. The molecule has 3 N–H and O–H groups in total. The van der Waals surface area contributed by atoms with E-state index in [1.54, 1.807) is 25.1 Å². The molecule has 0 radical (unpaired) electrons. The van der Waals surface area contributed by atoms with Gasteiger partial charge in [-0.25, -0.2) is 0 Å². The molecular weight excluding hydrogens is 244 g/mol. The van der Waals surface area contributed by atoms with E-state index in [-0.39, 0.29) is 0 Å². The van der Waals surface area contributed by atoms with Gasteiger partial charge in [-0.15, -0.1) is 0 Å². The van der Waals surface area contributed by atoms with E-state index < -0.39 is 12.1 Å². The van der Waals surface area contributed by atoms with Crippen molar-refractivity contribution in [2.24, 2.45) is 5.73 Å². The fourth-order valence-electron chi connectivity index (χ4n) is 1.11. The fraction of sp³-hybridized carbons (Fsp3) is 0.300. The standard InChI is InChI=1S/C10H11BrN2O/c1-6(14)10(13)7-2-3-9(11)8(4-7)5-12/h2-4,6,10,14H,13H2,1H3/t6-,10+/m0/s1. The van der Waals surface area contributed by atoms with E-state index in [1.807, 2.05) is 6.07 Å². The van der Waals surface area contributed by atoms with Gasteiger partial charge in [0.05, 0.1) is 17.7 Å². The lowest BCUT2D eigenvalue weighted by Gasteiger charge is -2.15. The first kappa shape index (κ1) is 11.2. The Kier molecular flexibility index (Phi) is 3.64. The molecule has 1 rings (SSSR count). The fourth-order valence-corrected chi connectivity index (χ4v) is 1.45. The SMILES string of the molecule is C[C@H](O)[C@@H](N)c1ccc(Br)c(C#N)c1. The predicted octanol–water partition coefficient (Wildman–Crippen LogP) is 1.70. The van der Waals surface area contributed by atoms with Crippen LogP contribution in [0.25, 0.3) is 0 Å². The van der Waals surface area contributed by atoms with Crippen LogP contribution in [0.4, 0.5) is 0 Å². The summed E-state index contributed by atoms with van der Waals surface area (Å²) in [5, 5.41) is 18.1. The third-order valence-electron chi connectivity index (χ3n) is 2.02. The van der Waals surface area contributed by atoms with Crippen LogP contribution in [0.2, 0.25) is 0 Å². The first-order valence-corrected chi connectivity index (χ1v) is 4.98. The van der Waals surface area contributed by atoms with E-state index in [9.17, 15) is 5.11 Å². The molecule has 0 aliphatic rings. The summed E-state index contributed by atoms with van der Waals surface area (Å²) in [4.78, 5) is 0. The smallest absolute Gasteiger partial charge is 0.100 e. The molecule has 0 bridgehead atoms. The quantitative estimate of drug-likeness (QED) is 0.844. The molecule has 0 fully saturated rings. The van der Waals surface area contributed by atoms with Crippen molar-refractivity contribution >= 4 is 15.9 Å². The van der Waals surface area contributed by atoms with Crippen molar-refractivity contribution in [1.29, 1.82) is 5.26 Å². The van der Waals surface area contributed by atoms with Crippen molar-refractivity contribution in [2.75, 3.05) is 0 Å². The van der Waals surface area contributed by atoms with Crippen LogP contribution in [0, 0.1) is 11.3 Å². The second-order valence-corrected chi connectivity index (χ2v) is 3.97. The summed E-state index contributed by atoms with van der Waals surface area (Å²) in [6.45, 7) is 1.62. The highest BCUT2D eigenvalue weighted by molar-refractivity contribution is 9.10. The Morgan fingerprint density at radius 1 is 1.57 bits per heavy atom. The van der Waals surface area contributed by atoms with E-state index in [2.05, 4.69) is 15.9 Å². The molecule has 0 spiro atoms. The molecular formula is C10H11BrN2O. The Morgan fingerprint density at radius 2 is 2.21 bits per heavy atom. The molecule has 0 saturated carbocycles. The highest BCUT2D eigenvalue weighted by Crippen LogP contribution is 2.21. The molecule has 4 heteroatoms. The highest BCUT2D eigenvalue weighted by Gasteiger charge is 2.13. The molecule has 2 atom stereocenters. The summed E-state index contributed by atoms with van der Waals surface area (Å²) in [5.41, 5.74) is 7.03. The highest BCUT2D eigenvalue weighted by atomic mass is 79.9. The van der Waals surface area contributed by atoms with Gasteiger partial charge < -0.3 is 10.8 Å². The number of aliphatic hydroxyl groups excluding tert-OH is 1. The minimum Gasteiger partial charge on any atom is -0.391 e. The van der Waals surface area contributed by atoms with Crippen molar-refractivity contribution in [2.45, 2.75) is 19.1 Å². The number of hydrogen-bond donors (Lipinski definition) is 2. The van der Waals surface area contributed by atoms with Crippen LogP contribution in [0.5, 0.6) is 0 Å². The molecule has 0 saturated heterocycles. The Balaban J connectivity index is 3.08. The maximum absolute atomic E-state index is 9.29. The lowest BCUT2D eigenvalue weighted by atomic mass is 10.0. The molecule has 1 aromatic rings. The van der Waals surface area contributed by atoms with Gasteiger partial charge in [0.1, 0.15) is 6.07 Å². The number of nitriles is 1. The third kappa shape index (κ3) is 2.32. The molecule has 74 valence electrons. The third-order valence-corrected chi connectivity index (χ3v) is 2.71. The molecule has 0 aliphatic carbocycles. The number of rotatable bonds is 2. The zero-order chi connectivity index (χ0) is 10.7. The first-order valence-electron chi connectivity index (χ1n) is 4.19. The lowest BCUT2D eigenvalue weighted by Crippen LogP contribution is -2.23. The lowest BCUT2D eigenvalue weighted by molar-refractivity contribution is 0.164. The van der Waals surface area contributed by atoms with Crippen LogP contribution in [0.3, 0.4) is 0 Å². The Hall–Kier alpha value is -0.890. The van der Waals surface area contributed by atoms with Gasteiger partial charge in [-0.3, -0.25) is 0 Å². The number of hydrogen-bond acceptors (Lipinski definition) is 3. The van der Waals surface area contributed by atoms with Crippen LogP contribution in [0.15, 0.2) is 22.7 Å². The van der Waals surface area contributed by atoms with E-state index in [0.29, 0.717) is 5.56 Å². The minimum absolute atomic E-state index is 0.449. The summed E-state index contributed by atoms with van der Waals surface area (Å²) in [6, 6.07) is 6.83. The number of nitrogens with zero attached hydrogens (tertiary/aromatic N) is 1. The van der Waals surface area contributed by atoms with Crippen molar-refractivity contribution < 1.29 is 5.11 Å². The van der Waals surface area contributed by atoms with Gasteiger partial charge in [0.2, 0.25) is 0 Å². The zero-order valence-corrected chi connectivity index (χ0v) is 9.32. The van der Waals surface area contributed by atoms with Gasteiger partial charge in [-0.2, -0.15) is 5.26 Å². The van der Waals surface area contributed by atoms with Crippen molar-refractivity contribution in [3.8, 4) is 6.07 Å². The topological polar surface area (TPSA) is 70.0 Å².